The number of hydrogen-bond acceptors (Lipinski definition) is 2. The quantitative estimate of drug-likeness (QED) is 0.316. The third kappa shape index (κ3) is 5.27. The summed E-state index contributed by atoms with van der Waals surface area (Å²) < 4.78 is 47.6. The zero-order chi connectivity index (χ0) is 23.3. The zero-order valence-corrected chi connectivity index (χ0v) is 17.9. The van der Waals surface area contributed by atoms with Gasteiger partial charge in [0.25, 0.3) is 11.2 Å². The fourth-order valence-electron chi connectivity index (χ4n) is 3.42. The van der Waals surface area contributed by atoms with Crippen LogP contribution in [0.25, 0.3) is 16.1 Å². The highest BCUT2D eigenvalue weighted by Crippen LogP contribution is 2.37. The molecule has 3 rings (SSSR count). The van der Waals surface area contributed by atoms with E-state index in [0.717, 1.165) is 29.2 Å². The Labute approximate surface area is 184 Å². The maximum atomic E-state index is 13.6. The van der Waals surface area contributed by atoms with Crippen molar-refractivity contribution in [3.8, 4) is 11.3 Å². The summed E-state index contributed by atoms with van der Waals surface area (Å²) in [5.74, 6) is 0. The van der Waals surface area contributed by atoms with Gasteiger partial charge in [-0.2, -0.15) is 13.2 Å². The molecule has 1 heterocycles. The first-order valence-electron chi connectivity index (χ1n) is 10.2. The van der Waals surface area contributed by atoms with E-state index in [9.17, 15) is 18.0 Å². The summed E-state index contributed by atoms with van der Waals surface area (Å²) in [6.07, 6.45) is -3.89. The molecule has 7 heteroatoms. The molecule has 0 bridgehead atoms. The summed E-state index contributed by atoms with van der Waals surface area (Å²) in [4.78, 5) is 15.9. The van der Waals surface area contributed by atoms with Crippen molar-refractivity contribution in [1.82, 2.24) is 4.57 Å². The van der Waals surface area contributed by atoms with E-state index in [2.05, 4.69) is 4.85 Å². The van der Waals surface area contributed by atoms with Gasteiger partial charge in [-0.15, -0.1) is 0 Å². The van der Waals surface area contributed by atoms with Gasteiger partial charge in [0.2, 0.25) is 0 Å². The van der Waals surface area contributed by atoms with E-state index in [1.165, 1.54) is 4.57 Å². The van der Waals surface area contributed by atoms with Gasteiger partial charge in [-0.1, -0.05) is 55.0 Å². The highest BCUT2D eigenvalue weighted by Gasteiger charge is 2.36. The van der Waals surface area contributed by atoms with Crippen molar-refractivity contribution in [2.24, 2.45) is 0 Å². The van der Waals surface area contributed by atoms with E-state index >= 15 is 0 Å². The Hall–Kier alpha value is -3.37. The van der Waals surface area contributed by atoms with Crippen molar-refractivity contribution in [2.75, 3.05) is 6.61 Å². The second kappa shape index (κ2) is 9.84. The fraction of sp³-hybridized carbons (Fsp3) is 0.280. The lowest BCUT2D eigenvalue weighted by Gasteiger charge is -2.18. The van der Waals surface area contributed by atoms with E-state index < -0.39 is 23.0 Å². The van der Waals surface area contributed by atoms with Crippen LogP contribution in [0.15, 0.2) is 59.4 Å². The lowest BCUT2D eigenvalue weighted by atomic mass is 10.0. The molecule has 32 heavy (non-hydrogen) atoms. The molecule has 0 amide bonds. The average Bonchev–Trinajstić information content (AvgIpc) is 2.75. The minimum absolute atomic E-state index is 0.0405. The molecule has 0 saturated carbocycles. The molecule has 0 N–H and O–H groups in total. The number of benzene rings is 2. The molecule has 166 valence electrons. The first-order valence-corrected chi connectivity index (χ1v) is 10.2. The highest BCUT2D eigenvalue weighted by molar-refractivity contribution is 5.66. The monoisotopic (exact) mass is 440 g/mol. The summed E-state index contributed by atoms with van der Waals surface area (Å²) in [5.41, 5.74) is 0.0516. The standard InChI is InChI=1S/C25H23F3N2O2/c1-4-12-32-16-19-10-8-18(9-11-19)15-30-22(20-7-5-6-17(2)13-20)14-21(25(26,27)28)23(29-3)24(30)31/h5-11,13-14H,4,12,15-16H2,1-2H3. The van der Waals surface area contributed by atoms with Crippen LogP contribution in [0.1, 0.15) is 35.6 Å². The maximum Gasteiger partial charge on any atom is 0.407 e. The zero-order valence-electron chi connectivity index (χ0n) is 17.9. The number of alkyl halides is 3. The van der Waals surface area contributed by atoms with Gasteiger partial charge in [0.05, 0.1) is 18.7 Å². The Morgan fingerprint density at radius 3 is 2.34 bits per heavy atom. The van der Waals surface area contributed by atoms with Crippen molar-refractivity contribution in [1.29, 1.82) is 0 Å². The fourth-order valence-corrected chi connectivity index (χ4v) is 3.42. The number of aromatic nitrogens is 1. The maximum absolute atomic E-state index is 13.6. The second-order valence-electron chi connectivity index (χ2n) is 7.53. The Morgan fingerprint density at radius 1 is 1.06 bits per heavy atom. The number of ether oxygens (including phenoxy) is 1. The predicted octanol–water partition coefficient (Wildman–Crippen LogP) is 6.37. The number of hydrogen-bond donors (Lipinski definition) is 0. The third-order valence-corrected chi connectivity index (χ3v) is 4.99. The molecule has 0 unspecified atom stereocenters. The molecule has 4 nitrogen and oxygen atoms in total. The van der Waals surface area contributed by atoms with Gasteiger partial charge >= 0.3 is 6.18 Å². The van der Waals surface area contributed by atoms with E-state index in [-0.39, 0.29) is 12.2 Å². The van der Waals surface area contributed by atoms with Gasteiger partial charge in [0.15, 0.2) is 0 Å². The SMILES string of the molecule is [C-]#[N+]c1c(C(F)(F)F)cc(-c2cccc(C)c2)n(Cc2ccc(COCCC)cc2)c1=O. The average molecular weight is 440 g/mol. The molecular weight excluding hydrogens is 417 g/mol. The third-order valence-electron chi connectivity index (χ3n) is 4.99. The van der Waals surface area contributed by atoms with Crippen molar-refractivity contribution in [3.63, 3.8) is 0 Å². The van der Waals surface area contributed by atoms with Crippen LogP contribution in [-0.2, 0) is 24.1 Å². The molecule has 1 aromatic heterocycles. The van der Waals surface area contributed by atoms with Crippen molar-refractivity contribution >= 4 is 5.69 Å². The Bertz CT molecular complexity index is 1190. The van der Waals surface area contributed by atoms with Gasteiger partial charge in [0, 0.05) is 18.8 Å². The molecule has 0 aliphatic heterocycles. The minimum Gasteiger partial charge on any atom is -0.377 e. The smallest absolute Gasteiger partial charge is 0.377 e. The van der Waals surface area contributed by atoms with E-state index in [1.807, 2.05) is 44.2 Å². The van der Waals surface area contributed by atoms with Gasteiger partial charge in [-0.3, -0.25) is 4.79 Å². The number of rotatable bonds is 7. The molecule has 0 atom stereocenters. The van der Waals surface area contributed by atoms with E-state index in [0.29, 0.717) is 18.8 Å². The molecule has 3 aromatic rings. The summed E-state index contributed by atoms with van der Waals surface area (Å²) in [6, 6.07) is 15.2. The summed E-state index contributed by atoms with van der Waals surface area (Å²) in [5, 5.41) is 0. The lowest BCUT2D eigenvalue weighted by molar-refractivity contribution is -0.136. The van der Waals surface area contributed by atoms with Crippen LogP contribution < -0.4 is 5.56 Å². The molecule has 0 spiro atoms. The van der Waals surface area contributed by atoms with E-state index in [1.54, 1.807) is 18.2 Å². The number of nitrogens with zero attached hydrogens (tertiary/aromatic N) is 2. The number of pyridine rings is 1. The van der Waals surface area contributed by atoms with Crippen LogP contribution >= 0.6 is 0 Å². The van der Waals surface area contributed by atoms with Crippen molar-refractivity contribution < 1.29 is 17.9 Å². The van der Waals surface area contributed by atoms with Crippen LogP contribution in [0.5, 0.6) is 0 Å². The van der Waals surface area contributed by atoms with Crippen molar-refractivity contribution in [3.05, 3.63) is 98.6 Å². The Morgan fingerprint density at radius 2 is 1.75 bits per heavy atom. The molecular formula is C25H23F3N2O2. The molecule has 0 saturated heterocycles. The molecule has 2 aromatic carbocycles. The normalized spacial score (nSPS) is 11.4. The molecule has 0 radical (unpaired) electrons. The largest absolute Gasteiger partial charge is 0.407 e. The Kier molecular flexibility index (Phi) is 7.16. The van der Waals surface area contributed by atoms with Crippen LogP contribution in [0.3, 0.4) is 0 Å². The predicted molar refractivity (Wildman–Crippen MR) is 118 cm³/mol. The lowest BCUT2D eigenvalue weighted by Crippen LogP contribution is -2.25. The number of halogens is 3. The number of aryl methyl sites for hydroxylation is 1. The summed E-state index contributed by atoms with van der Waals surface area (Å²) in [7, 11) is 0. The van der Waals surface area contributed by atoms with Crippen LogP contribution in [0.4, 0.5) is 18.9 Å². The van der Waals surface area contributed by atoms with Gasteiger partial charge in [-0.05, 0) is 42.2 Å². The van der Waals surface area contributed by atoms with Crippen molar-refractivity contribution in [2.45, 2.75) is 39.6 Å². The van der Waals surface area contributed by atoms with Gasteiger partial charge in [0.1, 0.15) is 0 Å². The first kappa shape index (κ1) is 23.3. The van der Waals surface area contributed by atoms with E-state index in [4.69, 9.17) is 11.3 Å². The van der Waals surface area contributed by atoms with Crippen LogP contribution in [0.2, 0.25) is 0 Å². The van der Waals surface area contributed by atoms with Crippen LogP contribution in [-0.4, -0.2) is 11.2 Å². The molecule has 0 aliphatic rings. The summed E-state index contributed by atoms with van der Waals surface area (Å²) in [6.45, 7) is 12.2. The Balaban J connectivity index is 2.10. The summed E-state index contributed by atoms with van der Waals surface area (Å²) >= 11 is 0. The highest BCUT2D eigenvalue weighted by atomic mass is 19.4. The van der Waals surface area contributed by atoms with Gasteiger partial charge < -0.3 is 9.30 Å². The van der Waals surface area contributed by atoms with Gasteiger partial charge in [-0.25, -0.2) is 4.85 Å². The topological polar surface area (TPSA) is 35.6 Å². The second-order valence-corrected chi connectivity index (χ2v) is 7.53. The molecule has 0 aliphatic carbocycles. The first-order chi connectivity index (χ1) is 15.2. The molecule has 0 fully saturated rings. The minimum atomic E-state index is -4.81. The van der Waals surface area contributed by atoms with Crippen LogP contribution in [0, 0.1) is 13.5 Å².